The van der Waals surface area contributed by atoms with Crippen LogP contribution in [-0.2, 0) is 16.8 Å². The average molecular weight is 410 g/mol. The number of aliphatic hydroxyl groups is 1. The van der Waals surface area contributed by atoms with Gasteiger partial charge in [0.2, 0.25) is 0 Å². The summed E-state index contributed by atoms with van der Waals surface area (Å²) >= 11 is 0. The van der Waals surface area contributed by atoms with E-state index in [2.05, 4.69) is 31.2 Å². The Balaban J connectivity index is 1.49. The Bertz CT molecular complexity index is 952. The lowest BCUT2D eigenvalue weighted by Gasteiger charge is -2.39. The van der Waals surface area contributed by atoms with Gasteiger partial charge in [0, 0.05) is 19.5 Å². The van der Waals surface area contributed by atoms with Crippen LogP contribution in [0.1, 0.15) is 50.3 Å². The standard InChI is InChI=1S/C25H31NO4/c1-17-15-20(6-7-21(17)18-5-8-22-19(16-18)9-14-29-22)25(28)10-12-26(13-11-25)23(27)30-24(2,3)4/h5-8,15-16,28H,9-14H2,1-4H3. The molecule has 160 valence electrons. The lowest BCUT2D eigenvalue weighted by Crippen LogP contribution is -2.46. The second-order valence-electron chi connectivity index (χ2n) is 9.45. The summed E-state index contributed by atoms with van der Waals surface area (Å²) in [6, 6.07) is 12.6. The van der Waals surface area contributed by atoms with Gasteiger partial charge in [-0.1, -0.05) is 24.3 Å². The molecular weight excluding hydrogens is 378 g/mol. The van der Waals surface area contributed by atoms with Gasteiger partial charge in [-0.25, -0.2) is 4.79 Å². The molecule has 4 rings (SSSR count). The minimum atomic E-state index is -0.923. The molecule has 0 aliphatic carbocycles. The number of aryl methyl sites for hydroxylation is 1. The molecule has 5 heteroatoms. The first-order valence-electron chi connectivity index (χ1n) is 10.7. The number of nitrogens with zero attached hydrogens (tertiary/aromatic N) is 1. The molecule has 0 spiro atoms. The molecule has 1 amide bonds. The molecule has 0 aromatic heterocycles. The third-order valence-electron chi connectivity index (χ3n) is 6.01. The Morgan fingerprint density at radius 3 is 2.53 bits per heavy atom. The van der Waals surface area contributed by atoms with Crippen LogP contribution in [0.2, 0.25) is 0 Å². The molecule has 0 bridgehead atoms. The molecule has 0 radical (unpaired) electrons. The van der Waals surface area contributed by atoms with Crippen LogP contribution < -0.4 is 4.74 Å². The third-order valence-corrected chi connectivity index (χ3v) is 6.01. The summed E-state index contributed by atoms with van der Waals surface area (Å²) in [6.07, 6.45) is 1.65. The third kappa shape index (κ3) is 4.17. The van der Waals surface area contributed by atoms with E-state index in [0.29, 0.717) is 25.9 Å². The van der Waals surface area contributed by atoms with Gasteiger partial charge in [0.25, 0.3) is 0 Å². The topological polar surface area (TPSA) is 59.0 Å². The van der Waals surface area contributed by atoms with Crippen LogP contribution in [-0.4, -0.2) is 41.4 Å². The highest BCUT2D eigenvalue weighted by Gasteiger charge is 2.37. The van der Waals surface area contributed by atoms with E-state index in [4.69, 9.17) is 9.47 Å². The Hall–Kier alpha value is -2.53. The minimum absolute atomic E-state index is 0.309. The van der Waals surface area contributed by atoms with Crippen molar-refractivity contribution in [2.24, 2.45) is 0 Å². The number of amides is 1. The van der Waals surface area contributed by atoms with E-state index in [-0.39, 0.29) is 6.09 Å². The largest absolute Gasteiger partial charge is 0.493 e. The lowest BCUT2D eigenvalue weighted by atomic mass is 9.82. The number of piperidine rings is 1. The molecular formula is C25H31NO4. The van der Waals surface area contributed by atoms with E-state index in [9.17, 15) is 9.90 Å². The zero-order valence-electron chi connectivity index (χ0n) is 18.3. The van der Waals surface area contributed by atoms with Crippen LogP contribution in [0, 0.1) is 6.92 Å². The Morgan fingerprint density at radius 2 is 1.87 bits per heavy atom. The summed E-state index contributed by atoms with van der Waals surface area (Å²) in [6.45, 7) is 9.40. The highest BCUT2D eigenvalue weighted by molar-refractivity contribution is 5.70. The van der Waals surface area contributed by atoms with Crippen LogP contribution in [0.5, 0.6) is 5.75 Å². The maximum absolute atomic E-state index is 12.3. The van der Waals surface area contributed by atoms with Gasteiger partial charge in [-0.3, -0.25) is 0 Å². The second kappa shape index (κ2) is 7.62. The zero-order chi connectivity index (χ0) is 21.5. The summed E-state index contributed by atoms with van der Waals surface area (Å²) < 4.78 is 11.1. The van der Waals surface area contributed by atoms with Gasteiger partial charge in [0.15, 0.2) is 0 Å². The van der Waals surface area contributed by atoms with Crippen molar-refractivity contribution >= 4 is 6.09 Å². The molecule has 1 saturated heterocycles. The molecule has 2 aliphatic heterocycles. The maximum Gasteiger partial charge on any atom is 0.410 e. The smallest absolute Gasteiger partial charge is 0.410 e. The van der Waals surface area contributed by atoms with E-state index in [1.165, 1.54) is 16.7 Å². The molecule has 30 heavy (non-hydrogen) atoms. The number of fused-ring (bicyclic) bond motifs is 1. The maximum atomic E-state index is 12.3. The van der Waals surface area contributed by atoms with E-state index >= 15 is 0 Å². The fourth-order valence-corrected chi connectivity index (χ4v) is 4.31. The predicted octanol–water partition coefficient (Wildman–Crippen LogP) is 4.82. The first kappa shape index (κ1) is 20.7. The fourth-order valence-electron chi connectivity index (χ4n) is 4.31. The second-order valence-corrected chi connectivity index (χ2v) is 9.45. The van der Waals surface area contributed by atoms with Crippen molar-refractivity contribution in [1.29, 1.82) is 0 Å². The van der Waals surface area contributed by atoms with Crippen molar-refractivity contribution in [2.75, 3.05) is 19.7 Å². The Kier molecular flexibility index (Phi) is 5.27. The number of rotatable bonds is 2. The molecule has 2 aliphatic rings. The molecule has 0 atom stereocenters. The van der Waals surface area contributed by atoms with Gasteiger partial charge in [-0.15, -0.1) is 0 Å². The van der Waals surface area contributed by atoms with Gasteiger partial charge in [-0.05, 0) is 80.5 Å². The van der Waals surface area contributed by atoms with Crippen molar-refractivity contribution in [3.8, 4) is 16.9 Å². The van der Waals surface area contributed by atoms with Crippen molar-refractivity contribution in [3.63, 3.8) is 0 Å². The van der Waals surface area contributed by atoms with Crippen molar-refractivity contribution < 1.29 is 19.4 Å². The number of carbonyl (C=O) groups is 1. The fraction of sp³-hybridized carbons (Fsp3) is 0.480. The van der Waals surface area contributed by atoms with Gasteiger partial charge in [0.05, 0.1) is 12.2 Å². The summed E-state index contributed by atoms with van der Waals surface area (Å²) in [5, 5.41) is 11.3. The summed E-state index contributed by atoms with van der Waals surface area (Å²) in [4.78, 5) is 14.0. The lowest BCUT2D eigenvalue weighted by molar-refractivity contribution is -0.0356. The van der Waals surface area contributed by atoms with Crippen LogP contribution in [0.4, 0.5) is 4.79 Å². The summed E-state index contributed by atoms with van der Waals surface area (Å²) in [7, 11) is 0. The summed E-state index contributed by atoms with van der Waals surface area (Å²) in [5.74, 6) is 0.985. The molecule has 2 aromatic carbocycles. The SMILES string of the molecule is Cc1cc(C2(O)CCN(C(=O)OC(C)(C)C)CC2)ccc1-c1ccc2c(c1)CCO2. The van der Waals surface area contributed by atoms with E-state index in [1.54, 1.807) is 4.90 Å². The molecule has 2 heterocycles. The van der Waals surface area contributed by atoms with E-state index in [0.717, 1.165) is 29.9 Å². The minimum Gasteiger partial charge on any atom is -0.493 e. The van der Waals surface area contributed by atoms with Crippen molar-refractivity contribution in [1.82, 2.24) is 4.90 Å². The van der Waals surface area contributed by atoms with Gasteiger partial charge in [0.1, 0.15) is 11.4 Å². The van der Waals surface area contributed by atoms with Crippen molar-refractivity contribution in [3.05, 3.63) is 53.1 Å². The number of benzene rings is 2. The van der Waals surface area contributed by atoms with Gasteiger partial charge < -0.3 is 19.5 Å². The number of likely N-dealkylation sites (tertiary alicyclic amines) is 1. The first-order valence-corrected chi connectivity index (χ1v) is 10.7. The highest BCUT2D eigenvalue weighted by Crippen LogP contribution is 2.37. The van der Waals surface area contributed by atoms with E-state index < -0.39 is 11.2 Å². The number of ether oxygens (including phenoxy) is 2. The Labute approximate surface area is 178 Å². The Morgan fingerprint density at radius 1 is 1.13 bits per heavy atom. The normalized spacial score (nSPS) is 18.0. The highest BCUT2D eigenvalue weighted by atomic mass is 16.6. The zero-order valence-corrected chi connectivity index (χ0v) is 18.3. The van der Waals surface area contributed by atoms with Crippen LogP contribution in [0.25, 0.3) is 11.1 Å². The van der Waals surface area contributed by atoms with Crippen LogP contribution >= 0.6 is 0 Å². The van der Waals surface area contributed by atoms with Gasteiger partial charge in [-0.2, -0.15) is 0 Å². The van der Waals surface area contributed by atoms with Crippen LogP contribution in [0.15, 0.2) is 36.4 Å². The first-order chi connectivity index (χ1) is 14.1. The molecule has 1 N–H and O–H groups in total. The molecule has 5 nitrogen and oxygen atoms in total. The average Bonchev–Trinajstić information content (AvgIpc) is 3.15. The van der Waals surface area contributed by atoms with Crippen molar-refractivity contribution in [2.45, 2.75) is 58.2 Å². The quantitative estimate of drug-likeness (QED) is 0.773. The molecule has 0 saturated carbocycles. The predicted molar refractivity (Wildman–Crippen MR) is 117 cm³/mol. The van der Waals surface area contributed by atoms with E-state index in [1.807, 2.05) is 32.9 Å². The van der Waals surface area contributed by atoms with Crippen LogP contribution in [0.3, 0.4) is 0 Å². The molecule has 1 fully saturated rings. The van der Waals surface area contributed by atoms with Gasteiger partial charge >= 0.3 is 6.09 Å². The molecule has 0 unspecified atom stereocenters. The molecule has 2 aromatic rings. The number of hydrogen-bond acceptors (Lipinski definition) is 4. The number of hydrogen-bond donors (Lipinski definition) is 1. The number of carbonyl (C=O) groups excluding carboxylic acids is 1. The summed E-state index contributed by atoms with van der Waals surface area (Å²) in [5.41, 5.74) is 4.21. The monoisotopic (exact) mass is 409 g/mol.